The van der Waals surface area contributed by atoms with Crippen LogP contribution in [0.5, 0.6) is 0 Å². The number of hydrogen-bond acceptors (Lipinski definition) is 2. The summed E-state index contributed by atoms with van der Waals surface area (Å²) in [4.78, 5) is 12.7. The van der Waals surface area contributed by atoms with Gasteiger partial charge in [-0.25, -0.2) is 0 Å². The van der Waals surface area contributed by atoms with E-state index in [9.17, 15) is 23.1 Å². The van der Waals surface area contributed by atoms with Gasteiger partial charge in [0, 0.05) is 12.1 Å². The van der Waals surface area contributed by atoms with Crippen molar-refractivity contribution in [3.05, 3.63) is 0 Å². The normalized spacial score (nSPS) is 29.3. The van der Waals surface area contributed by atoms with Crippen molar-refractivity contribution in [3.63, 3.8) is 0 Å². The van der Waals surface area contributed by atoms with Crippen molar-refractivity contribution in [1.29, 1.82) is 0 Å². The first kappa shape index (κ1) is 14.6. The maximum Gasteiger partial charge on any atom is 0.401 e. The van der Waals surface area contributed by atoms with Crippen molar-refractivity contribution < 1.29 is 23.1 Å². The van der Waals surface area contributed by atoms with Gasteiger partial charge in [-0.3, -0.25) is 9.69 Å². The van der Waals surface area contributed by atoms with Crippen LogP contribution in [0.25, 0.3) is 0 Å². The molecule has 0 spiro atoms. The highest BCUT2D eigenvalue weighted by Gasteiger charge is 2.45. The van der Waals surface area contributed by atoms with Gasteiger partial charge in [0.25, 0.3) is 0 Å². The van der Waals surface area contributed by atoms with Crippen LogP contribution in [0, 0.1) is 5.92 Å². The average Bonchev–Trinajstić information content (AvgIpc) is 3.11. The van der Waals surface area contributed by atoms with Crippen LogP contribution in [0.15, 0.2) is 0 Å². The van der Waals surface area contributed by atoms with E-state index in [2.05, 4.69) is 0 Å². The number of alkyl halides is 3. The molecule has 0 aromatic heterocycles. The van der Waals surface area contributed by atoms with Crippen LogP contribution in [-0.4, -0.2) is 40.8 Å². The van der Waals surface area contributed by atoms with Gasteiger partial charge in [0.2, 0.25) is 0 Å². The van der Waals surface area contributed by atoms with Crippen LogP contribution in [0.3, 0.4) is 0 Å². The predicted molar refractivity (Wildman–Crippen MR) is 63.8 cm³/mol. The summed E-state index contributed by atoms with van der Waals surface area (Å²) in [5.41, 5.74) is 0. The molecule has 0 aromatic carbocycles. The van der Waals surface area contributed by atoms with Crippen molar-refractivity contribution in [2.24, 2.45) is 5.92 Å². The largest absolute Gasteiger partial charge is 0.481 e. The molecule has 0 aromatic rings. The summed E-state index contributed by atoms with van der Waals surface area (Å²) < 4.78 is 38.1. The highest BCUT2D eigenvalue weighted by molar-refractivity contribution is 5.71. The fraction of sp³-hybridized carbons (Fsp3) is 0.923. The number of nitrogens with zero attached hydrogens (tertiary/aromatic N) is 1. The molecule has 2 atom stereocenters. The smallest absolute Gasteiger partial charge is 0.401 e. The lowest BCUT2D eigenvalue weighted by Gasteiger charge is -2.35. The third-order valence-corrected chi connectivity index (χ3v) is 4.10. The summed E-state index contributed by atoms with van der Waals surface area (Å²) in [6.45, 7) is -0.966. The van der Waals surface area contributed by atoms with Gasteiger partial charge < -0.3 is 5.11 Å². The van der Waals surface area contributed by atoms with Crippen LogP contribution >= 0.6 is 0 Å². The predicted octanol–water partition coefficient (Wildman–Crippen LogP) is 3.05. The van der Waals surface area contributed by atoms with Crippen LogP contribution in [0.2, 0.25) is 0 Å². The number of carboxylic acid groups (broad SMARTS) is 1. The van der Waals surface area contributed by atoms with Crippen LogP contribution in [-0.2, 0) is 4.79 Å². The molecule has 2 saturated carbocycles. The van der Waals surface area contributed by atoms with Crippen molar-refractivity contribution in [2.45, 2.75) is 63.2 Å². The second-order valence-corrected chi connectivity index (χ2v) is 5.67. The summed E-state index contributed by atoms with van der Waals surface area (Å²) in [5, 5.41) is 9.28. The van der Waals surface area contributed by atoms with Gasteiger partial charge in [-0.05, 0) is 25.7 Å². The molecule has 2 aliphatic carbocycles. The van der Waals surface area contributed by atoms with E-state index in [1.54, 1.807) is 0 Å². The zero-order valence-electron chi connectivity index (χ0n) is 10.8. The van der Waals surface area contributed by atoms with Gasteiger partial charge in [-0.1, -0.05) is 19.3 Å². The Balaban J connectivity index is 2.14. The zero-order valence-corrected chi connectivity index (χ0v) is 10.8. The standard InChI is InChI=1S/C13H20F3NO2/c14-13(15,16)8-17(9-6-7-9)11-5-3-1-2-4-10(11)12(18)19/h9-11H,1-8H2,(H,18,19). The molecule has 0 heterocycles. The molecule has 110 valence electrons. The molecule has 2 unspecified atom stereocenters. The first-order valence-corrected chi connectivity index (χ1v) is 6.94. The zero-order chi connectivity index (χ0) is 14.0. The van der Waals surface area contributed by atoms with E-state index in [0.717, 1.165) is 32.1 Å². The maximum absolute atomic E-state index is 12.7. The van der Waals surface area contributed by atoms with Crippen molar-refractivity contribution >= 4 is 5.97 Å². The van der Waals surface area contributed by atoms with Crippen LogP contribution in [0.4, 0.5) is 13.2 Å². The van der Waals surface area contributed by atoms with E-state index in [-0.39, 0.29) is 6.04 Å². The van der Waals surface area contributed by atoms with E-state index in [1.807, 2.05) is 0 Å². The van der Waals surface area contributed by atoms with Crippen molar-refractivity contribution in [1.82, 2.24) is 4.90 Å². The van der Waals surface area contributed by atoms with E-state index in [1.165, 1.54) is 4.90 Å². The molecule has 0 saturated heterocycles. The van der Waals surface area contributed by atoms with Gasteiger partial charge in [-0.2, -0.15) is 13.2 Å². The van der Waals surface area contributed by atoms with Gasteiger partial charge in [-0.15, -0.1) is 0 Å². The second kappa shape index (κ2) is 5.69. The molecular weight excluding hydrogens is 259 g/mol. The van der Waals surface area contributed by atoms with Gasteiger partial charge in [0.15, 0.2) is 0 Å². The lowest BCUT2D eigenvalue weighted by Crippen LogP contribution is -2.48. The Kier molecular flexibility index (Phi) is 4.38. The minimum absolute atomic E-state index is 0.0634. The van der Waals surface area contributed by atoms with Gasteiger partial charge in [0.1, 0.15) is 0 Å². The molecule has 2 fully saturated rings. The van der Waals surface area contributed by atoms with Crippen LogP contribution < -0.4 is 0 Å². The van der Waals surface area contributed by atoms with E-state index in [4.69, 9.17) is 0 Å². The third-order valence-electron chi connectivity index (χ3n) is 4.10. The first-order chi connectivity index (χ1) is 8.88. The number of rotatable bonds is 4. The van der Waals surface area contributed by atoms with Crippen molar-refractivity contribution in [3.8, 4) is 0 Å². The Morgan fingerprint density at radius 3 is 2.26 bits per heavy atom. The van der Waals surface area contributed by atoms with Crippen molar-refractivity contribution in [2.75, 3.05) is 6.54 Å². The monoisotopic (exact) mass is 279 g/mol. The molecule has 2 aliphatic rings. The summed E-state index contributed by atoms with van der Waals surface area (Å²) in [6, 6.07) is -0.513. The minimum Gasteiger partial charge on any atom is -0.481 e. The Morgan fingerprint density at radius 1 is 1.11 bits per heavy atom. The number of hydrogen-bond donors (Lipinski definition) is 1. The first-order valence-electron chi connectivity index (χ1n) is 6.94. The summed E-state index contributed by atoms with van der Waals surface area (Å²) >= 11 is 0. The summed E-state index contributed by atoms with van der Waals surface area (Å²) in [6.07, 6.45) is 0.902. The van der Waals surface area contributed by atoms with E-state index >= 15 is 0 Å². The Hall–Kier alpha value is -0.780. The molecule has 19 heavy (non-hydrogen) atoms. The molecule has 2 rings (SSSR count). The molecule has 1 N–H and O–H groups in total. The Morgan fingerprint density at radius 2 is 1.74 bits per heavy atom. The van der Waals surface area contributed by atoms with Crippen LogP contribution in [0.1, 0.15) is 44.9 Å². The third kappa shape index (κ3) is 4.09. The molecule has 6 heteroatoms. The number of carbonyl (C=O) groups is 1. The van der Waals surface area contributed by atoms with Gasteiger partial charge >= 0.3 is 12.1 Å². The SMILES string of the molecule is O=C(O)C1CCCCCC1N(CC(F)(F)F)C1CC1. The fourth-order valence-corrected chi connectivity index (χ4v) is 3.10. The summed E-state index contributed by atoms with van der Waals surface area (Å²) in [5.74, 6) is -1.59. The van der Waals surface area contributed by atoms with E-state index < -0.39 is 30.7 Å². The topological polar surface area (TPSA) is 40.5 Å². The number of halogens is 3. The lowest BCUT2D eigenvalue weighted by atomic mass is 9.93. The van der Waals surface area contributed by atoms with Gasteiger partial charge in [0.05, 0.1) is 12.5 Å². The summed E-state index contributed by atoms with van der Waals surface area (Å²) in [7, 11) is 0. The Labute approximate surface area is 110 Å². The highest BCUT2D eigenvalue weighted by atomic mass is 19.4. The average molecular weight is 279 g/mol. The quantitative estimate of drug-likeness (QED) is 0.804. The minimum atomic E-state index is -4.25. The lowest BCUT2D eigenvalue weighted by molar-refractivity contribution is -0.162. The number of aliphatic carboxylic acids is 1. The highest BCUT2D eigenvalue weighted by Crippen LogP contribution is 2.37. The second-order valence-electron chi connectivity index (χ2n) is 5.67. The molecule has 0 bridgehead atoms. The number of carboxylic acids is 1. The Bertz CT molecular complexity index is 328. The molecule has 3 nitrogen and oxygen atoms in total. The fourth-order valence-electron chi connectivity index (χ4n) is 3.10. The molecule has 0 aliphatic heterocycles. The molecular formula is C13H20F3NO2. The molecule has 0 radical (unpaired) electrons. The molecule has 0 amide bonds. The maximum atomic E-state index is 12.7. The van der Waals surface area contributed by atoms with E-state index in [0.29, 0.717) is 12.8 Å².